The van der Waals surface area contributed by atoms with E-state index in [4.69, 9.17) is 0 Å². The largest absolute Gasteiger partial charge is 0.507 e. The monoisotopic (exact) mass is 326 g/mol. The number of rotatable bonds is 5. The van der Waals surface area contributed by atoms with Gasteiger partial charge in [0.1, 0.15) is 5.75 Å². The number of hydrogen-bond donors (Lipinski definition) is 1. The van der Waals surface area contributed by atoms with Crippen LogP contribution in [0, 0.1) is 0 Å². The standard InChI is InChI=1S/C17H27BrO/c1-7-16(3,4)13-9-12(11-18)15(19)14(10-13)17(5,6)8-2/h9-10,19H,7-8,11H2,1-6H3. The lowest BCUT2D eigenvalue weighted by Gasteiger charge is -2.30. The van der Waals surface area contributed by atoms with Gasteiger partial charge in [-0.3, -0.25) is 0 Å². The van der Waals surface area contributed by atoms with Gasteiger partial charge in [0.15, 0.2) is 0 Å². The van der Waals surface area contributed by atoms with Gasteiger partial charge in [-0.25, -0.2) is 0 Å². The molecule has 0 aliphatic rings. The average molecular weight is 327 g/mol. The van der Waals surface area contributed by atoms with Crippen molar-refractivity contribution in [1.29, 1.82) is 0 Å². The second-order valence-electron chi connectivity index (χ2n) is 6.64. The molecule has 0 aromatic heterocycles. The highest BCUT2D eigenvalue weighted by atomic mass is 79.9. The summed E-state index contributed by atoms with van der Waals surface area (Å²) in [5.74, 6) is 0.458. The molecule has 0 radical (unpaired) electrons. The van der Waals surface area contributed by atoms with E-state index in [-0.39, 0.29) is 10.8 Å². The first-order valence-electron chi connectivity index (χ1n) is 7.12. The van der Waals surface area contributed by atoms with E-state index in [1.165, 1.54) is 5.56 Å². The van der Waals surface area contributed by atoms with Gasteiger partial charge >= 0.3 is 0 Å². The van der Waals surface area contributed by atoms with Gasteiger partial charge < -0.3 is 5.11 Å². The van der Waals surface area contributed by atoms with E-state index in [0.717, 1.165) is 24.0 Å². The maximum Gasteiger partial charge on any atom is 0.123 e. The molecular formula is C17H27BrO. The summed E-state index contributed by atoms with van der Waals surface area (Å²) in [6.07, 6.45) is 2.10. The lowest BCUT2D eigenvalue weighted by Crippen LogP contribution is -2.21. The molecule has 1 rings (SSSR count). The molecule has 0 bridgehead atoms. The Kier molecular flexibility index (Phi) is 5.11. The zero-order valence-corrected chi connectivity index (χ0v) is 14.7. The van der Waals surface area contributed by atoms with Crippen molar-refractivity contribution in [2.75, 3.05) is 0 Å². The summed E-state index contributed by atoms with van der Waals surface area (Å²) in [5.41, 5.74) is 3.53. The first-order valence-corrected chi connectivity index (χ1v) is 8.24. The summed E-state index contributed by atoms with van der Waals surface area (Å²) in [4.78, 5) is 0. The van der Waals surface area contributed by atoms with Crippen LogP contribution in [0.4, 0.5) is 0 Å². The molecule has 0 fully saturated rings. The summed E-state index contributed by atoms with van der Waals surface area (Å²) < 4.78 is 0. The van der Waals surface area contributed by atoms with E-state index >= 15 is 0 Å². The van der Waals surface area contributed by atoms with Crippen LogP contribution >= 0.6 is 15.9 Å². The predicted octanol–water partition coefficient (Wildman–Crippen LogP) is 5.66. The van der Waals surface area contributed by atoms with Gasteiger partial charge in [0.05, 0.1) is 0 Å². The van der Waals surface area contributed by atoms with Crippen LogP contribution in [0.25, 0.3) is 0 Å². The smallest absolute Gasteiger partial charge is 0.123 e. The first-order chi connectivity index (χ1) is 8.69. The highest BCUT2D eigenvalue weighted by Gasteiger charge is 2.27. The van der Waals surface area contributed by atoms with Crippen molar-refractivity contribution >= 4 is 15.9 Å². The Labute approximate surface area is 126 Å². The Morgan fingerprint density at radius 1 is 1.00 bits per heavy atom. The highest BCUT2D eigenvalue weighted by molar-refractivity contribution is 9.08. The number of phenols is 1. The normalized spacial score (nSPS) is 12.8. The maximum atomic E-state index is 10.5. The van der Waals surface area contributed by atoms with E-state index in [2.05, 4.69) is 69.6 Å². The summed E-state index contributed by atoms with van der Waals surface area (Å²) >= 11 is 3.49. The van der Waals surface area contributed by atoms with E-state index in [1.54, 1.807) is 0 Å². The van der Waals surface area contributed by atoms with E-state index in [0.29, 0.717) is 11.1 Å². The molecule has 0 amide bonds. The summed E-state index contributed by atoms with van der Waals surface area (Å²) in [5, 5.41) is 11.2. The van der Waals surface area contributed by atoms with E-state index in [1.807, 2.05) is 0 Å². The molecule has 0 aliphatic carbocycles. The Hall–Kier alpha value is -0.500. The van der Waals surface area contributed by atoms with Crippen LogP contribution in [0.3, 0.4) is 0 Å². The molecule has 1 nitrogen and oxygen atoms in total. The summed E-state index contributed by atoms with van der Waals surface area (Å²) in [6, 6.07) is 4.34. The van der Waals surface area contributed by atoms with Crippen molar-refractivity contribution in [2.24, 2.45) is 0 Å². The number of phenolic OH excluding ortho intramolecular Hbond substituents is 1. The number of halogens is 1. The van der Waals surface area contributed by atoms with Crippen molar-refractivity contribution in [2.45, 2.75) is 70.5 Å². The molecule has 1 N–H and O–H groups in total. The van der Waals surface area contributed by atoms with Gasteiger partial charge in [-0.2, -0.15) is 0 Å². The lowest BCUT2D eigenvalue weighted by molar-refractivity contribution is 0.421. The van der Waals surface area contributed by atoms with E-state index < -0.39 is 0 Å². The quantitative estimate of drug-likeness (QED) is 0.692. The van der Waals surface area contributed by atoms with Gasteiger partial charge in [0.2, 0.25) is 0 Å². The third-order valence-electron chi connectivity index (χ3n) is 4.61. The average Bonchev–Trinajstić information content (AvgIpc) is 2.38. The summed E-state index contributed by atoms with van der Waals surface area (Å²) in [7, 11) is 0. The van der Waals surface area contributed by atoms with Crippen LogP contribution in [0.2, 0.25) is 0 Å². The zero-order valence-electron chi connectivity index (χ0n) is 13.1. The van der Waals surface area contributed by atoms with Crippen molar-refractivity contribution in [3.8, 4) is 5.75 Å². The fourth-order valence-electron chi connectivity index (χ4n) is 2.10. The topological polar surface area (TPSA) is 20.2 Å². The second-order valence-corrected chi connectivity index (χ2v) is 7.20. The molecule has 0 atom stereocenters. The molecule has 0 aliphatic heterocycles. The van der Waals surface area contributed by atoms with Crippen molar-refractivity contribution in [3.63, 3.8) is 0 Å². The Morgan fingerprint density at radius 2 is 1.53 bits per heavy atom. The van der Waals surface area contributed by atoms with Crippen LogP contribution < -0.4 is 0 Å². The molecule has 0 spiro atoms. The number of alkyl halides is 1. The van der Waals surface area contributed by atoms with Crippen LogP contribution in [0.5, 0.6) is 5.75 Å². The minimum absolute atomic E-state index is 0.000828. The number of aromatic hydroxyl groups is 1. The Bertz CT molecular complexity index is 447. The SMILES string of the molecule is CCC(C)(C)c1cc(CBr)c(O)c(C(C)(C)CC)c1. The third-order valence-corrected chi connectivity index (χ3v) is 5.22. The minimum Gasteiger partial charge on any atom is -0.507 e. The molecule has 108 valence electrons. The van der Waals surface area contributed by atoms with Crippen molar-refractivity contribution < 1.29 is 5.11 Å². The maximum absolute atomic E-state index is 10.5. The van der Waals surface area contributed by atoms with E-state index in [9.17, 15) is 5.11 Å². The molecule has 0 heterocycles. The van der Waals surface area contributed by atoms with Crippen LogP contribution in [-0.4, -0.2) is 5.11 Å². The molecule has 1 aromatic rings. The molecule has 19 heavy (non-hydrogen) atoms. The van der Waals surface area contributed by atoms with Crippen LogP contribution in [0.1, 0.15) is 71.1 Å². The molecular weight excluding hydrogens is 300 g/mol. The second kappa shape index (κ2) is 5.87. The van der Waals surface area contributed by atoms with Gasteiger partial charge in [0.25, 0.3) is 0 Å². The first kappa shape index (κ1) is 16.6. The van der Waals surface area contributed by atoms with Crippen LogP contribution in [0.15, 0.2) is 12.1 Å². The molecule has 1 aromatic carbocycles. The summed E-state index contributed by atoms with van der Waals surface area (Å²) in [6.45, 7) is 13.3. The molecule has 0 unspecified atom stereocenters. The Morgan fingerprint density at radius 3 is 1.95 bits per heavy atom. The fourth-order valence-corrected chi connectivity index (χ4v) is 2.53. The predicted molar refractivity (Wildman–Crippen MR) is 87.4 cm³/mol. The molecule has 0 saturated carbocycles. The fraction of sp³-hybridized carbons (Fsp3) is 0.647. The molecule has 2 heteroatoms. The highest BCUT2D eigenvalue weighted by Crippen LogP contribution is 2.40. The van der Waals surface area contributed by atoms with Gasteiger partial charge in [-0.15, -0.1) is 0 Å². The lowest BCUT2D eigenvalue weighted by atomic mass is 9.75. The number of benzene rings is 1. The molecule has 0 saturated heterocycles. The number of hydrogen-bond acceptors (Lipinski definition) is 1. The Balaban J connectivity index is 3.52. The zero-order chi connectivity index (χ0) is 14.8. The van der Waals surface area contributed by atoms with Gasteiger partial charge in [-0.05, 0) is 29.2 Å². The third kappa shape index (κ3) is 3.34. The van der Waals surface area contributed by atoms with Crippen LogP contribution in [-0.2, 0) is 16.2 Å². The van der Waals surface area contributed by atoms with Crippen molar-refractivity contribution in [3.05, 3.63) is 28.8 Å². The van der Waals surface area contributed by atoms with Crippen molar-refractivity contribution in [1.82, 2.24) is 0 Å². The minimum atomic E-state index is 0.000828. The van der Waals surface area contributed by atoms with Gasteiger partial charge in [-0.1, -0.05) is 69.6 Å². The van der Waals surface area contributed by atoms with Gasteiger partial charge in [0, 0.05) is 16.5 Å².